The molecule has 0 bridgehead atoms. The van der Waals surface area contributed by atoms with Gasteiger partial charge in [0.15, 0.2) is 0 Å². The van der Waals surface area contributed by atoms with Crippen LogP contribution in [0, 0.1) is 5.41 Å². The van der Waals surface area contributed by atoms with Gasteiger partial charge in [-0.3, -0.25) is 4.79 Å². The molecule has 17 heavy (non-hydrogen) atoms. The number of aromatic nitrogens is 1. The number of halogens is 1. The van der Waals surface area contributed by atoms with Crippen molar-refractivity contribution < 1.29 is 4.79 Å². The molecular formula is C13H17ClN2O. The summed E-state index contributed by atoms with van der Waals surface area (Å²) in [6, 6.07) is 3.48. The van der Waals surface area contributed by atoms with Gasteiger partial charge in [-0.1, -0.05) is 25.4 Å². The van der Waals surface area contributed by atoms with Crippen molar-refractivity contribution in [3.05, 3.63) is 29.0 Å². The normalized spacial score (nSPS) is 19.1. The minimum absolute atomic E-state index is 0.00382. The molecule has 0 radical (unpaired) electrons. The van der Waals surface area contributed by atoms with Crippen molar-refractivity contribution in [2.24, 2.45) is 5.41 Å². The second kappa shape index (κ2) is 4.65. The molecular weight excluding hydrogens is 236 g/mol. The fourth-order valence-electron chi connectivity index (χ4n) is 2.31. The van der Waals surface area contributed by atoms with Gasteiger partial charge in [-0.05, 0) is 30.4 Å². The molecule has 0 aliphatic carbocycles. The van der Waals surface area contributed by atoms with Gasteiger partial charge < -0.3 is 4.90 Å². The van der Waals surface area contributed by atoms with E-state index in [9.17, 15) is 4.79 Å². The fourth-order valence-corrected chi connectivity index (χ4v) is 2.51. The Kier molecular flexibility index (Phi) is 3.38. The third kappa shape index (κ3) is 2.78. The summed E-state index contributed by atoms with van der Waals surface area (Å²) in [7, 11) is 0. The molecule has 0 spiro atoms. The number of rotatable bonds is 1. The van der Waals surface area contributed by atoms with E-state index >= 15 is 0 Å². The van der Waals surface area contributed by atoms with Gasteiger partial charge in [0.2, 0.25) is 0 Å². The van der Waals surface area contributed by atoms with E-state index in [0.717, 1.165) is 25.9 Å². The summed E-state index contributed by atoms with van der Waals surface area (Å²) < 4.78 is 0. The second-order valence-electron chi connectivity index (χ2n) is 5.34. The zero-order chi connectivity index (χ0) is 12.5. The van der Waals surface area contributed by atoms with Gasteiger partial charge in [-0.2, -0.15) is 0 Å². The molecule has 1 saturated heterocycles. The van der Waals surface area contributed by atoms with Gasteiger partial charge >= 0.3 is 0 Å². The number of piperidine rings is 1. The Morgan fingerprint density at radius 1 is 1.53 bits per heavy atom. The third-order valence-electron chi connectivity index (χ3n) is 3.18. The zero-order valence-electron chi connectivity index (χ0n) is 10.2. The first-order valence-corrected chi connectivity index (χ1v) is 6.27. The number of hydrogen-bond acceptors (Lipinski definition) is 2. The molecule has 92 valence electrons. The molecule has 0 atom stereocenters. The van der Waals surface area contributed by atoms with Crippen LogP contribution < -0.4 is 0 Å². The maximum absolute atomic E-state index is 12.3. The third-order valence-corrected chi connectivity index (χ3v) is 3.48. The highest BCUT2D eigenvalue weighted by Gasteiger charge is 2.30. The van der Waals surface area contributed by atoms with E-state index in [1.54, 1.807) is 18.3 Å². The summed E-state index contributed by atoms with van der Waals surface area (Å²) in [4.78, 5) is 18.1. The minimum atomic E-state index is -0.00382. The predicted octanol–water partition coefficient (Wildman–Crippen LogP) is 3.00. The molecule has 2 heterocycles. The van der Waals surface area contributed by atoms with Crippen LogP contribution >= 0.6 is 11.6 Å². The first-order valence-electron chi connectivity index (χ1n) is 5.89. The van der Waals surface area contributed by atoms with Gasteiger partial charge in [0.05, 0.1) is 5.56 Å². The highest BCUT2D eigenvalue weighted by molar-refractivity contribution is 6.32. The van der Waals surface area contributed by atoms with Crippen LogP contribution in [0.2, 0.25) is 5.15 Å². The molecule has 1 aliphatic heterocycles. The summed E-state index contributed by atoms with van der Waals surface area (Å²) >= 11 is 5.95. The van der Waals surface area contributed by atoms with Crippen molar-refractivity contribution in [1.29, 1.82) is 0 Å². The molecule has 1 aromatic heterocycles. The standard InChI is InChI=1S/C13H17ClN2O/c1-13(2)6-4-8-16(9-13)12(17)10-5-3-7-15-11(10)14/h3,5,7H,4,6,8-9H2,1-2H3. The Hall–Kier alpha value is -1.09. The summed E-state index contributed by atoms with van der Waals surface area (Å²) in [6.45, 7) is 5.99. The predicted molar refractivity (Wildman–Crippen MR) is 68.2 cm³/mol. The number of amides is 1. The van der Waals surface area contributed by atoms with Crippen molar-refractivity contribution in [1.82, 2.24) is 9.88 Å². The van der Waals surface area contributed by atoms with Crippen LogP contribution in [-0.4, -0.2) is 28.9 Å². The molecule has 1 aromatic rings. The summed E-state index contributed by atoms with van der Waals surface area (Å²) in [5.74, 6) is -0.00382. The largest absolute Gasteiger partial charge is 0.338 e. The van der Waals surface area contributed by atoms with E-state index in [0.29, 0.717) is 10.7 Å². The number of carbonyl (C=O) groups is 1. The smallest absolute Gasteiger partial charge is 0.257 e. The molecule has 1 aliphatic rings. The maximum atomic E-state index is 12.3. The number of likely N-dealkylation sites (tertiary alicyclic amines) is 1. The van der Waals surface area contributed by atoms with Crippen LogP contribution in [0.4, 0.5) is 0 Å². The van der Waals surface area contributed by atoms with Crippen molar-refractivity contribution in [2.45, 2.75) is 26.7 Å². The maximum Gasteiger partial charge on any atom is 0.257 e. The first-order chi connectivity index (χ1) is 7.99. The summed E-state index contributed by atoms with van der Waals surface area (Å²) in [6.07, 6.45) is 3.81. The van der Waals surface area contributed by atoms with Crippen molar-refractivity contribution >= 4 is 17.5 Å². The van der Waals surface area contributed by atoms with E-state index in [-0.39, 0.29) is 11.3 Å². The minimum Gasteiger partial charge on any atom is -0.338 e. The number of pyridine rings is 1. The van der Waals surface area contributed by atoms with Crippen LogP contribution in [0.5, 0.6) is 0 Å². The molecule has 3 nitrogen and oxygen atoms in total. The molecule has 0 aromatic carbocycles. The zero-order valence-corrected chi connectivity index (χ0v) is 11.0. The van der Waals surface area contributed by atoms with Gasteiger partial charge in [0.25, 0.3) is 5.91 Å². The molecule has 0 N–H and O–H groups in total. The highest BCUT2D eigenvalue weighted by Crippen LogP contribution is 2.29. The number of nitrogens with zero attached hydrogens (tertiary/aromatic N) is 2. The average molecular weight is 253 g/mol. The van der Waals surface area contributed by atoms with Crippen LogP contribution in [0.3, 0.4) is 0 Å². The summed E-state index contributed by atoms with van der Waals surface area (Å²) in [5, 5.41) is 0.292. The SMILES string of the molecule is CC1(C)CCCN(C(=O)c2cccnc2Cl)C1. The van der Waals surface area contributed by atoms with Crippen molar-refractivity contribution in [2.75, 3.05) is 13.1 Å². The molecule has 0 unspecified atom stereocenters. The van der Waals surface area contributed by atoms with Gasteiger partial charge in [0.1, 0.15) is 5.15 Å². The lowest BCUT2D eigenvalue weighted by molar-refractivity contribution is 0.0583. The number of hydrogen-bond donors (Lipinski definition) is 0. The second-order valence-corrected chi connectivity index (χ2v) is 5.69. The molecule has 0 saturated carbocycles. The Morgan fingerprint density at radius 3 is 2.94 bits per heavy atom. The van der Waals surface area contributed by atoms with E-state index in [1.807, 2.05) is 4.90 Å². The average Bonchev–Trinajstić information content (AvgIpc) is 2.27. The van der Waals surface area contributed by atoms with Crippen molar-refractivity contribution in [3.63, 3.8) is 0 Å². The van der Waals surface area contributed by atoms with E-state index < -0.39 is 0 Å². The Bertz CT molecular complexity index is 431. The first kappa shape index (κ1) is 12.4. The lowest BCUT2D eigenvalue weighted by Gasteiger charge is -2.38. The van der Waals surface area contributed by atoms with Crippen LogP contribution in [0.25, 0.3) is 0 Å². The Balaban J connectivity index is 2.18. The molecule has 1 amide bonds. The van der Waals surface area contributed by atoms with Crippen molar-refractivity contribution in [3.8, 4) is 0 Å². The van der Waals surface area contributed by atoms with Gasteiger partial charge in [-0.25, -0.2) is 4.98 Å². The summed E-state index contributed by atoms with van der Waals surface area (Å²) in [5.41, 5.74) is 0.703. The molecule has 4 heteroatoms. The lowest BCUT2D eigenvalue weighted by atomic mass is 9.84. The molecule has 2 rings (SSSR count). The number of carbonyl (C=O) groups excluding carboxylic acids is 1. The van der Waals surface area contributed by atoms with E-state index in [1.165, 1.54) is 0 Å². The lowest BCUT2D eigenvalue weighted by Crippen LogP contribution is -2.43. The fraction of sp³-hybridized carbons (Fsp3) is 0.538. The topological polar surface area (TPSA) is 33.2 Å². The monoisotopic (exact) mass is 252 g/mol. The van der Waals surface area contributed by atoms with Crippen LogP contribution in [0.15, 0.2) is 18.3 Å². The quantitative estimate of drug-likeness (QED) is 0.720. The van der Waals surface area contributed by atoms with Crippen LogP contribution in [0.1, 0.15) is 37.0 Å². The van der Waals surface area contributed by atoms with E-state index in [2.05, 4.69) is 18.8 Å². The Morgan fingerprint density at radius 2 is 2.29 bits per heavy atom. The molecule has 1 fully saturated rings. The van der Waals surface area contributed by atoms with E-state index in [4.69, 9.17) is 11.6 Å². The van der Waals surface area contributed by atoms with Gasteiger partial charge in [-0.15, -0.1) is 0 Å². The van der Waals surface area contributed by atoms with Crippen LogP contribution in [-0.2, 0) is 0 Å². The Labute approximate surface area is 107 Å². The van der Waals surface area contributed by atoms with Gasteiger partial charge in [0, 0.05) is 19.3 Å². The highest BCUT2D eigenvalue weighted by atomic mass is 35.5.